The third-order valence-electron chi connectivity index (χ3n) is 5.86. The standard InChI is InChI=1S/C24H26N4O3S/c1-17-6-5-11-27(13-17)22(29)15-32-24-26-25-23(19-7-3-2-4-8-19)28(24)14-18-9-10-20-21(12-18)31-16-30-20/h2-4,7-10,12,17H,5-6,11,13-16H2,1H3. The maximum absolute atomic E-state index is 12.8. The average molecular weight is 451 g/mol. The molecule has 0 radical (unpaired) electrons. The molecule has 8 heteroatoms. The molecule has 1 unspecified atom stereocenters. The van der Waals surface area contributed by atoms with Crippen molar-refractivity contribution in [2.24, 2.45) is 5.92 Å². The maximum atomic E-state index is 12.8. The summed E-state index contributed by atoms with van der Waals surface area (Å²) >= 11 is 1.45. The normalized spacial score (nSPS) is 17.5. The number of amides is 1. The third kappa shape index (κ3) is 4.46. The number of aromatic nitrogens is 3. The number of hydrogen-bond acceptors (Lipinski definition) is 6. The lowest BCUT2D eigenvalue weighted by Crippen LogP contribution is -2.40. The van der Waals surface area contributed by atoms with Gasteiger partial charge in [0.05, 0.1) is 12.3 Å². The van der Waals surface area contributed by atoms with Gasteiger partial charge >= 0.3 is 0 Å². The second-order valence-corrected chi connectivity index (χ2v) is 9.26. The van der Waals surface area contributed by atoms with Crippen LogP contribution in [-0.4, -0.2) is 51.2 Å². The topological polar surface area (TPSA) is 69.5 Å². The minimum absolute atomic E-state index is 0.167. The molecule has 0 bridgehead atoms. The number of hydrogen-bond donors (Lipinski definition) is 0. The van der Waals surface area contributed by atoms with Gasteiger partial charge in [-0.1, -0.05) is 55.1 Å². The Labute approximate surface area is 191 Å². The Morgan fingerprint density at radius 1 is 1.12 bits per heavy atom. The molecule has 1 amide bonds. The number of likely N-dealkylation sites (tertiary alicyclic amines) is 1. The Bertz CT molecular complexity index is 1100. The molecule has 0 spiro atoms. The molecule has 1 fully saturated rings. The highest BCUT2D eigenvalue weighted by atomic mass is 32.2. The van der Waals surface area contributed by atoms with E-state index in [2.05, 4.69) is 21.7 Å². The highest BCUT2D eigenvalue weighted by molar-refractivity contribution is 7.99. The van der Waals surface area contributed by atoms with E-state index < -0.39 is 0 Å². The van der Waals surface area contributed by atoms with Crippen LogP contribution < -0.4 is 9.47 Å². The Kier molecular flexibility index (Phi) is 6.03. The van der Waals surface area contributed by atoms with Crippen molar-refractivity contribution in [1.82, 2.24) is 19.7 Å². The van der Waals surface area contributed by atoms with E-state index in [-0.39, 0.29) is 12.7 Å². The summed E-state index contributed by atoms with van der Waals surface area (Å²) in [7, 11) is 0. The second-order valence-electron chi connectivity index (χ2n) is 8.32. The fraction of sp³-hybridized carbons (Fsp3) is 0.375. The van der Waals surface area contributed by atoms with Gasteiger partial charge in [0, 0.05) is 18.7 Å². The number of nitrogens with zero attached hydrogens (tertiary/aromatic N) is 4. The average Bonchev–Trinajstić information content (AvgIpc) is 3.44. The molecule has 0 aliphatic carbocycles. The van der Waals surface area contributed by atoms with Crippen LogP contribution in [0.25, 0.3) is 11.4 Å². The second kappa shape index (κ2) is 9.24. The Morgan fingerprint density at radius 3 is 2.81 bits per heavy atom. The smallest absolute Gasteiger partial charge is 0.233 e. The molecule has 7 nitrogen and oxygen atoms in total. The summed E-state index contributed by atoms with van der Waals surface area (Å²) in [6.07, 6.45) is 2.28. The SMILES string of the molecule is CC1CCCN(C(=O)CSc2nnc(-c3ccccc3)n2Cc2ccc3c(c2)OCO3)C1. The molecule has 2 aromatic carbocycles. The number of fused-ring (bicyclic) bond motifs is 1. The first kappa shape index (κ1) is 20.9. The lowest BCUT2D eigenvalue weighted by atomic mass is 10.0. The summed E-state index contributed by atoms with van der Waals surface area (Å²) < 4.78 is 13.0. The van der Waals surface area contributed by atoms with E-state index in [1.807, 2.05) is 53.4 Å². The first-order valence-corrected chi connectivity index (χ1v) is 11.9. The van der Waals surface area contributed by atoms with Crippen molar-refractivity contribution >= 4 is 17.7 Å². The minimum atomic E-state index is 0.167. The van der Waals surface area contributed by atoms with E-state index in [0.29, 0.717) is 18.2 Å². The fourth-order valence-electron chi connectivity index (χ4n) is 4.19. The van der Waals surface area contributed by atoms with Crippen LogP contribution in [0.2, 0.25) is 0 Å². The largest absolute Gasteiger partial charge is 0.454 e. The predicted octanol–water partition coefficient (Wildman–Crippen LogP) is 4.07. The van der Waals surface area contributed by atoms with Gasteiger partial charge in [-0.3, -0.25) is 9.36 Å². The summed E-state index contributed by atoms with van der Waals surface area (Å²) in [6, 6.07) is 16.0. The Morgan fingerprint density at radius 2 is 1.97 bits per heavy atom. The molecule has 3 aromatic rings. The molecule has 32 heavy (non-hydrogen) atoms. The molecular weight excluding hydrogens is 424 g/mol. The van der Waals surface area contributed by atoms with E-state index in [4.69, 9.17) is 9.47 Å². The predicted molar refractivity (Wildman–Crippen MR) is 123 cm³/mol. The van der Waals surface area contributed by atoms with Crippen LogP contribution in [0.4, 0.5) is 0 Å². The Balaban J connectivity index is 1.38. The van der Waals surface area contributed by atoms with Gasteiger partial charge in [0.25, 0.3) is 0 Å². The number of carbonyl (C=O) groups is 1. The van der Waals surface area contributed by atoms with Crippen LogP contribution in [0, 0.1) is 5.92 Å². The molecule has 0 N–H and O–H groups in total. The van der Waals surface area contributed by atoms with Crippen LogP contribution >= 0.6 is 11.8 Å². The molecule has 3 heterocycles. The van der Waals surface area contributed by atoms with E-state index in [1.165, 1.54) is 18.2 Å². The molecule has 1 saturated heterocycles. The zero-order chi connectivity index (χ0) is 21.9. The molecule has 2 aliphatic rings. The van der Waals surface area contributed by atoms with Crippen LogP contribution in [-0.2, 0) is 11.3 Å². The van der Waals surface area contributed by atoms with Gasteiger partial charge in [-0.25, -0.2) is 0 Å². The van der Waals surface area contributed by atoms with Crippen molar-refractivity contribution in [2.75, 3.05) is 25.6 Å². The minimum Gasteiger partial charge on any atom is -0.454 e. The highest BCUT2D eigenvalue weighted by Gasteiger charge is 2.23. The van der Waals surface area contributed by atoms with Crippen molar-refractivity contribution in [3.8, 4) is 22.9 Å². The quantitative estimate of drug-likeness (QED) is 0.527. The van der Waals surface area contributed by atoms with Crippen molar-refractivity contribution in [2.45, 2.75) is 31.5 Å². The van der Waals surface area contributed by atoms with Crippen molar-refractivity contribution < 1.29 is 14.3 Å². The van der Waals surface area contributed by atoms with E-state index in [1.54, 1.807) is 0 Å². The molecule has 2 aliphatic heterocycles. The number of rotatable bonds is 6. The summed E-state index contributed by atoms with van der Waals surface area (Å²) in [5.41, 5.74) is 2.05. The van der Waals surface area contributed by atoms with Gasteiger partial charge < -0.3 is 14.4 Å². The zero-order valence-electron chi connectivity index (χ0n) is 18.1. The third-order valence-corrected chi connectivity index (χ3v) is 6.81. The molecule has 5 rings (SSSR count). The number of ether oxygens (including phenoxy) is 2. The van der Waals surface area contributed by atoms with Crippen molar-refractivity contribution in [3.05, 3.63) is 54.1 Å². The lowest BCUT2D eigenvalue weighted by Gasteiger charge is -2.30. The van der Waals surface area contributed by atoms with Gasteiger partial charge in [-0.2, -0.15) is 0 Å². The number of carbonyl (C=O) groups excluding carboxylic acids is 1. The molecular formula is C24H26N4O3S. The number of piperidine rings is 1. The van der Waals surface area contributed by atoms with Gasteiger partial charge in [0.15, 0.2) is 22.5 Å². The molecule has 166 valence electrons. The maximum Gasteiger partial charge on any atom is 0.233 e. The summed E-state index contributed by atoms with van der Waals surface area (Å²) in [5, 5.41) is 9.65. The van der Waals surface area contributed by atoms with Crippen LogP contribution in [0.3, 0.4) is 0 Å². The summed E-state index contributed by atoms with van der Waals surface area (Å²) in [4.78, 5) is 14.8. The Hall–Kier alpha value is -3.00. The summed E-state index contributed by atoms with van der Waals surface area (Å²) in [6.45, 7) is 4.73. The van der Waals surface area contributed by atoms with Crippen molar-refractivity contribution in [3.63, 3.8) is 0 Å². The molecule has 1 aromatic heterocycles. The van der Waals surface area contributed by atoms with Crippen LogP contribution in [0.1, 0.15) is 25.3 Å². The zero-order valence-corrected chi connectivity index (χ0v) is 18.9. The first-order chi connectivity index (χ1) is 15.7. The van der Waals surface area contributed by atoms with Gasteiger partial charge in [-0.05, 0) is 36.5 Å². The van der Waals surface area contributed by atoms with Gasteiger partial charge in [0.2, 0.25) is 12.7 Å². The van der Waals surface area contributed by atoms with Gasteiger partial charge in [0.1, 0.15) is 0 Å². The van der Waals surface area contributed by atoms with Gasteiger partial charge in [-0.15, -0.1) is 10.2 Å². The number of benzene rings is 2. The monoisotopic (exact) mass is 450 g/mol. The highest BCUT2D eigenvalue weighted by Crippen LogP contribution is 2.34. The summed E-state index contributed by atoms with van der Waals surface area (Å²) in [5.74, 6) is 3.39. The molecule has 1 atom stereocenters. The van der Waals surface area contributed by atoms with E-state index >= 15 is 0 Å². The molecule has 0 saturated carbocycles. The first-order valence-electron chi connectivity index (χ1n) is 10.9. The van der Waals surface area contributed by atoms with E-state index in [0.717, 1.165) is 53.1 Å². The number of thioether (sulfide) groups is 1. The van der Waals surface area contributed by atoms with E-state index in [9.17, 15) is 4.79 Å². The fourth-order valence-corrected chi connectivity index (χ4v) is 5.03. The van der Waals surface area contributed by atoms with Crippen LogP contribution in [0.15, 0.2) is 53.7 Å². The van der Waals surface area contributed by atoms with Crippen molar-refractivity contribution in [1.29, 1.82) is 0 Å². The lowest BCUT2D eigenvalue weighted by molar-refractivity contribution is -0.130. The van der Waals surface area contributed by atoms with Crippen LogP contribution in [0.5, 0.6) is 11.5 Å².